The molecule has 3 rings (SSSR count). The number of sulfonamides is 1. The zero-order chi connectivity index (χ0) is 24.1. The molecule has 2 aromatic carbocycles. The van der Waals surface area contributed by atoms with Crippen LogP contribution in [0, 0.1) is 0 Å². The maximum absolute atomic E-state index is 11.7. The minimum Gasteiger partial charge on any atom is -0.506 e. The number of halogens is 1. The van der Waals surface area contributed by atoms with E-state index in [9.17, 15) is 18.3 Å². The topological polar surface area (TPSA) is 135 Å². The zero-order valence-corrected chi connectivity index (χ0v) is 20.7. The molecule has 0 aliphatic heterocycles. The first-order chi connectivity index (χ1) is 15.6. The molecule has 0 aliphatic rings. The molecular weight excluding hydrogens is 486 g/mol. The lowest BCUT2D eigenvalue weighted by atomic mass is 10.1. The van der Waals surface area contributed by atoms with Crippen LogP contribution in [0.3, 0.4) is 0 Å². The van der Waals surface area contributed by atoms with E-state index in [2.05, 4.69) is 10.3 Å². The molecule has 1 heterocycles. The molecule has 11 heteroatoms. The lowest BCUT2D eigenvalue weighted by Gasteiger charge is -2.34. The molecular formula is C22H28ClN3O5S2. The summed E-state index contributed by atoms with van der Waals surface area (Å²) in [5, 5.41) is 19.3. The molecule has 0 amide bonds. The third-order valence-corrected chi connectivity index (χ3v) is 7.51. The number of phenolic OH excluding ortho intramolecular Hbond substituents is 1. The van der Waals surface area contributed by atoms with Crippen molar-refractivity contribution in [3.8, 4) is 5.75 Å². The van der Waals surface area contributed by atoms with E-state index in [1.165, 1.54) is 0 Å². The summed E-state index contributed by atoms with van der Waals surface area (Å²) >= 11 is 6.98. The summed E-state index contributed by atoms with van der Waals surface area (Å²) < 4.78 is 30.2. The van der Waals surface area contributed by atoms with E-state index in [4.69, 9.17) is 21.5 Å². The van der Waals surface area contributed by atoms with Gasteiger partial charge in [-0.25, -0.2) is 13.6 Å². The highest BCUT2D eigenvalue weighted by Gasteiger charge is 2.30. The predicted octanol–water partition coefficient (Wildman–Crippen LogP) is 3.12. The van der Waals surface area contributed by atoms with Gasteiger partial charge in [-0.15, -0.1) is 0 Å². The van der Waals surface area contributed by atoms with Gasteiger partial charge in [-0.1, -0.05) is 48.1 Å². The average molecular weight is 514 g/mol. The minimum absolute atomic E-state index is 0.0293. The third kappa shape index (κ3) is 7.26. The molecule has 0 saturated heterocycles. The Hall–Kier alpha value is -1.95. The Bertz CT molecular complexity index is 1240. The summed E-state index contributed by atoms with van der Waals surface area (Å²) in [6.45, 7) is 2.79. The molecule has 1 atom stereocenters. The summed E-state index contributed by atoms with van der Waals surface area (Å²) in [5.41, 5.74) is 1.51. The monoisotopic (exact) mass is 513 g/mol. The molecule has 8 nitrogen and oxygen atoms in total. The van der Waals surface area contributed by atoms with Crippen LogP contribution in [0.1, 0.15) is 30.9 Å². The molecule has 33 heavy (non-hydrogen) atoms. The number of nitrogens with two attached hydrogens (primary N) is 1. The number of benzene rings is 2. The number of phenols is 1. The molecule has 1 aromatic heterocycles. The SMILES string of the molecule is CCC(CCS(N)(=O)=O)(NCCc1ccc(O)c2[nH]c(=O)sc12)OCCc1ccc(Cl)cc1. The van der Waals surface area contributed by atoms with Crippen molar-refractivity contribution in [1.29, 1.82) is 0 Å². The maximum atomic E-state index is 11.7. The van der Waals surface area contributed by atoms with Crippen LogP contribution >= 0.6 is 22.9 Å². The van der Waals surface area contributed by atoms with Crippen molar-refractivity contribution < 1.29 is 18.3 Å². The van der Waals surface area contributed by atoms with Gasteiger partial charge in [0.2, 0.25) is 10.0 Å². The highest BCUT2D eigenvalue weighted by atomic mass is 35.5. The van der Waals surface area contributed by atoms with Gasteiger partial charge in [-0.05, 0) is 48.6 Å². The van der Waals surface area contributed by atoms with Crippen molar-refractivity contribution in [2.45, 2.75) is 38.3 Å². The summed E-state index contributed by atoms with van der Waals surface area (Å²) in [5.74, 6) is -0.181. The smallest absolute Gasteiger partial charge is 0.305 e. The number of H-pyrrole nitrogens is 1. The van der Waals surface area contributed by atoms with E-state index in [0.29, 0.717) is 47.7 Å². The average Bonchev–Trinajstić information content (AvgIpc) is 3.17. The van der Waals surface area contributed by atoms with Crippen molar-refractivity contribution in [3.63, 3.8) is 0 Å². The molecule has 0 bridgehead atoms. The van der Waals surface area contributed by atoms with E-state index in [1.54, 1.807) is 12.1 Å². The van der Waals surface area contributed by atoms with Crippen LogP contribution < -0.4 is 15.3 Å². The molecule has 0 saturated carbocycles. The highest BCUT2D eigenvalue weighted by molar-refractivity contribution is 7.89. The van der Waals surface area contributed by atoms with Crippen molar-refractivity contribution in [2.24, 2.45) is 5.14 Å². The number of rotatable bonds is 12. The van der Waals surface area contributed by atoms with Crippen LogP contribution in [-0.4, -0.2) is 43.1 Å². The van der Waals surface area contributed by atoms with Crippen molar-refractivity contribution in [2.75, 3.05) is 18.9 Å². The van der Waals surface area contributed by atoms with Crippen molar-refractivity contribution >= 4 is 43.2 Å². The van der Waals surface area contributed by atoms with Crippen LogP contribution in [0.5, 0.6) is 5.75 Å². The van der Waals surface area contributed by atoms with Crippen molar-refractivity contribution in [3.05, 3.63) is 62.2 Å². The van der Waals surface area contributed by atoms with Gasteiger partial charge >= 0.3 is 4.87 Å². The second-order valence-electron chi connectivity index (χ2n) is 7.83. The summed E-state index contributed by atoms with van der Waals surface area (Å²) in [6, 6.07) is 10.8. The normalized spacial score (nSPS) is 13.9. The Morgan fingerprint density at radius 3 is 2.61 bits per heavy atom. The summed E-state index contributed by atoms with van der Waals surface area (Å²) in [6.07, 6.45) is 1.94. The van der Waals surface area contributed by atoms with E-state index in [1.807, 2.05) is 31.2 Å². The van der Waals surface area contributed by atoms with E-state index >= 15 is 0 Å². The van der Waals surface area contributed by atoms with Gasteiger partial charge in [0.25, 0.3) is 0 Å². The number of fused-ring (bicyclic) bond motifs is 1. The third-order valence-electron chi connectivity index (χ3n) is 5.52. The van der Waals surface area contributed by atoms with Crippen LogP contribution in [-0.2, 0) is 27.6 Å². The first-order valence-electron chi connectivity index (χ1n) is 10.6. The van der Waals surface area contributed by atoms with E-state index in [0.717, 1.165) is 22.5 Å². The van der Waals surface area contributed by atoms with E-state index < -0.39 is 15.7 Å². The van der Waals surface area contributed by atoms with Crippen LogP contribution in [0.2, 0.25) is 5.02 Å². The summed E-state index contributed by atoms with van der Waals surface area (Å²) in [4.78, 5) is 14.2. The highest BCUT2D eigenvalue weighted by Crippen LogP contribution is 2.28. The predicted molar refractivity (Wildman–Crippen MR) is 133 cm³/mol. The molecule has 0 radical (unpaired) electrons. The maximum Gasteiger partial charge on any atom is 0.305 e. The minimum atomic E-state index is -3.66. The Kier molecular flexibility index (Phi) is 8.54. The number of hydrogen-bond acceptors (Lipinski definition) is 7. The van der Waals surface area contributed by atoms with Crippen LogP contribution in [0.4, 0.5) is 0 Å². The molecule has 0 fully saturated rings. The fraction of sp³-hybridized carbons (Fsp3) is 0.409. The van der Waals surface area contributed by atoms with Crippen LogP contribution in [0.15, 0.2) is 41.2 Å². The number of aromatic hydroxyl groups is 1. The number of primary sulfonamides is 1. The quantitative estimate of drug-likeness (QED) is 0.275. The Morgan fingerprint density at radius 2 is 1.94 bits per heavy atom. The number of nitrogens with one attached hydrogen (secondary N) is 2. The van der Waals surface area contributed by atoms with Gasteiger partial charge in [-0.3, -0.25) is 10.1 Å². The number of thiazole rings is 1. The van der Waals surface area contributed by atoms with Gasteiger partial charge in [-0.2, -0.15) is 0 Å². The van der Waals surface area contributed by atoms with Gasteiger partial charge in [0.05, 0.1) is 17.1 Å². The number of aromatic nitrogens is 1. The Balaban J connectivity index is 1.69. The molecule has 180 valence electrons. The van der Waals surface area contributed by atoms with Gasteiger partial charge in [0.15, 0.2) is 0 Å². The van der Waals surface area contributed by atoms with Gasteiger partial charge in [0, 0.05) is 18.0 Å². The molecule has 3 aromatic rings. The van der Waals surface area contributed by atoms with Crippen molar-refractivity contribution in [1.82, 2.24) is 10.3 Å². The Labute approximate surface area is 201 Å². The van der Waals surface area contributed by atoms with Gasteiger partial charge in [0.1, 0.15) is 17.0 Å². The lowest BCUT2D eigenvalue weighted by Crippen LogP contribution is -2.50. The second-order valence-corrected chi connectivity index (χ2v) is 11.0. The fourth-order valence-corrected chi connectivity index (χ4v) is 5.27. The molecule has 0 aliphatic carbocycles. The molecule has 5 N–H and O–H groups in total. The first-order valence-corrected chi connectivity index (χ1v) is 13.5. The lowest BCUT2D eigenvalue weighted by molar-refractivity contribution is -0.0744. The van der Waals surface area contributed by atoms with Gasteiger partial charge < -0.3 is 14.8 Å². The first kappa shape index (κ1) is 25.7. The Morgan fingerprint density at radius 1 is 1.21 bits per heavy atom. The largest absolute Gasteiger partial charge is 0.506 e. The number of aromatic amines is 1. The number of ether oxygens (including phenoxy) is 1. The fourth-order valence-electron chi connectivity index (χ4n) is 3.63. The zero-order valence-electron chi connectivity index (χ0n) is 18.3. The van der Waals surface area contributed by atoms with E-state index in [-0.39, 0.29) is 22.8 Å². The molecule has 1 unspecified atom stereocenters. The second kappa shape index (κ2) is 11.0. The standard InChI is InChI=1S/C22H28ClN3O5S2/c1-2-22(11-14-33(24,29)30,31-13-10-15-3-6-17(23)7-4-15)25-12-9-16-5-8-18(27)19-20(16)32-21(28)26-19/h3-8,25,27H,2,9-14H2,1H3,(H,26,28)(H2,24,29,30). The van der Waals surface area contributed by atoms with Crippen LogP contribution in [0.25, 0.3) is 10.2 Å². The number of hydrogen-bond donors (Lipinski definition) is 4. The molecule has 0 spiro atoms. The summed E-state index contributed by atoms with van der Waals surface area (Å²) in [7, 11) is -3.66.